The smallest absolute Gasteiger partial charge is 0.132 e. The molecule has 2 aliphatic rings. The van der Waals surface area contributed by atoms with Crippen LogP contribution in [0.25, 0.3) is 0 Å². The summed E-state index contributed by atoms with van der Waals surface area (Å²) in [6, 6.07) is 0. The minimum absolute atomic E-state index is 0.348. The first-order valence-electron chi connectivity index (χ1n) is 5.67. The van der Waals surface area contributed by atoms with Gasteiger partial charge in [-0.15, -0.1) is 0 Å². The molecule has 0 amide bonds. The summed E-state index contributed by atoms with van der Waals surface area (Å²) in [5, 5.41) is 0. The molecule has 2 aliphatic carbocycles. The lowest BCUT2D eigenvalue weighted by atomic mass is 9.50. The third-order valence-electron chi connectivity index (χ3n) is 3.72. The maximum atomic E-state index is 11.1. The molecule has 2 heteroatoms. The molecule has 0 heterocycles. The second-order valence-electron chi connectivity index (χ2n) is 5.43. The van der Waals surface area contributed by atoms with Crippen molar-refractivity contribution in [2.45, 2.75) is 58.7 Å². The first-order valence-corrected chi connectivity index (χ1v) is 5.67. The average molecular weight is 196 g/mol. The Morgan fingerprint density at radius 2 is 1.86 bits per heavy atom. The Bertz CT molecular complexity index is 231. The zero-order valence-electron chi connectivity index (χ0n) is 9.38. The molecule has 1 spiro atoms. The number of hydrogen-bond donors (Lipinski definition) is 0. The highest BCUT2D eigenvalue weighted by Gasteiger charge is 2.54. The molecule has 0 aromatic heterocycles. The number of rotatable bonds is 3. The first kappa shape index (κ1) is 10.2. The van der Waals surface area contributed by atoms with Gasteiger partial charge in [0.2, 0.25) is 0 Å². The van der Waals surface area contributed by atoms with E-state index < -0.39 is 0 Å². The van der Waals surface area contributed by atoms with E-state index in [2.05, 4.69) is 13.8 Å². The molecular formula is C12H20O2. The van der Waals surface area contributed by atoms with Crippen LogP contribution in [-0.2, 0) is 9.53 Å². The van der Waals surface area contributed by atoms with Gasteiger partial charge in [-0.25, -0.2) is 0 Å². The fraction of sp³-hybridized carbons (Fsp3) is 0.917. The standard InChI is InChI=1S/C12H20O2/c1-8(2)14-11-6-12(7-11)4-10(5-12)9(3)13/h8,10-11H,4-7H2,1-3H3. The van der Waals surface area contributed by atoms with Crippen molar-refractivity contribution in [3.05, 3.63) is 0 Å². The third kappa shape index (κ3) is 1.72. The van der Waals surface area contributed by atoms with E-state index in [-0.39, 0.29) is 0 Å². The molecule has 2 rings (SSSR count). The van der Waals surface area contributed by atoms with Gasteiger partial charge in [-0.05, 0) is 51.9 Å². The van der Waals surface area contributed by atoms with Crippen LogP contribution >= 0.6 is 0 Å². The molecule has 0 radical (unpaired) electrons. The van der Waals surface area contributed by atoms with Crippen molar-refractivity contribution in [2.75, 3.05) is 0 Å². The van der Waals surface area contributed by atoms with Crippen LogP contribution in [0.1, 0.15) is 46.5 Å². The van der Waals surface area contributed by atoms with Gasteiger partial charge in [0.1, 0.15) is 5.78 Å². The highest BCUT2D eigenvalue weighted by molar-refractivity contribution is 5.79. The molecule has 0 unspecified atom stereocenters. The van der Waals surface area contributed by atoms with Crippen molar-refractivity contribution in [2.24, 2.45) is 11.3 Å². The van der Waals surface area contributed by atoms with Gasteiger partial charge in [0.05, 0.1) is 12.2 Å². The number of Topliss-reactive ketones (excluding diaryl/α,β-unsaturated/α-hetero) is 1. The number of ether oxygens (including phenoxy) is 1. The van der Waals surface area contributed by atoms with Crippen LogP contribution < -0.4 is 0 Å². The third-order valence-corrected chi connectivity index (χ3v) is 3.72. The molecule has 0 atom stereocenters. The first-order chi connectivity index (χ1) is 6.51. The number of ketones is 1. The Morgan fingerprint density at radius 1 is 1.29 bits per heavy atom. The zero-order chi connectivity index (χ0) is 10.3. The molecule has 0 aromatic carbocycles. The fourth-order valence-electron chi connectivity index (χ4n) is 2.99. The maximum Gasteiger partial charge on any atom is 0.132 e. The van der Waals surface area contributed by atoms with E-state index >= 15 is 0 Å². The van der Waals surface area contributed by atoms with Gasteiger partial charge in [0.25, 0.3) is 0 Å². The molecule has 2 saturated carbocycles. The lowest BCUT2D eigenvalue weighted by Gasteiger charge is -2.57. The second kappa shape index (κ2) is 3.34. The largest absolute Gasteiger partial charge is 0.376 e. The topological polar surface area (TPSA) is 26.3 Å². The summed E-state index contributed by atoms with van der Waals surface area (Å²) in [5.41, 5.74) is 0.510. The molecule has 80 valence electrons. The molecule has 14 heavy (non-hydrogen) atoms. The van der Waals surface area contributed by atoms with Gasteiger partial charge in [-0.1, -0.05) is 0 Å². The van der Waals surface area contributed by atoms with Crippen LogP contribution in [0.5, 0.6) is 0 Å². The monoisotopic (exact) mass is 196 g/mol. The quantitative estimate of drug-likeness (QED) is 0.693. The Labute approximate surface area is 86.0 Å². The van der Waals surface area contributed by atoms with Crippen LogP contribution in [0, 0.1) is 11.3 Å². The van der Waals surface area contributed by atoms with Crippen molar-refractivity contribution in [3.63, 3.8) is 0 Å². The van der Waals surface area contributed by atoms with Gasteiger partial charge in [0.15, 0.2) is 0 Å². The molecule has 0 N–H and O–H groups in total. The van der Waals surface area contributed by atoms with Crippen molar-refractivity contribution < 1.29 is 9.53 Å². The van der Waals surface area contributed by atoms with E-state index in [0.29, 0.717) is 29.3 Å². The molecule has 0 bridgehead atoms. The Hall–Kier alpha value is -0.370. The van der Waals surface area contributed by atoms with Gasteiger partial charge >= 0.3 is 0 Å². The molecule has 0 aliphatic heterocycles. The van der Waals surface area contributed by atoms with E-state index in [1.54, 1.807) is 6.92 Å². The normalized spacial score (nSPS) is 40.9. The van der Waals surface area contributed by atoms with E-state index in [9.17, 15) is 4.79 Å². The zero-order valence-corrected chi connectivity index (χ0v) is 9.38. The summed E-state index contributed by atoms with van der Waals surface area (Å²) < 4.78 is 5.73. The summed E-state index contributed by atoms with van der Waals surface area (Å²) in [7, 11) is 0. The Morgan fingerprint density at radius 3 is 2.29 bits per heavy atom. The molecule has 0 saturated heterocycles. The second-order valence-corrected chi connectivity index (χ2v) is 5.43. The van der Waals surface area contributed by atoms with Crippen LogP contribution in [-0.4, -0.2) is 18.0 Å². The number of carbonyl (C=O) groups is 1. The van der Waals surface area contributed by atoms with E-state index in [1.165, 1.54) is 12.8 Å². The summed E-state index contributed by atoms with van der Waals surface area (Å²) >= 11 is 0. The predicted octanol–water partition coefficient (Wildman–Crippen LogP) is 2.56. The molecule has 0 aromatic rings. The van der Waals surface area contributed by atoms with E-state index in [1.807, 2.05) is 0 Å². The Kier molecular flexibility index (Phi) is 2.42. The van der Waals surface area contributed by atoms with Gasteiger partial charge in [-0.3, -0.25) is 4.79 Å². The summed E-state index contributed by atoms with van der Waals surface area (Å²) in [4.78, 5) is 11.1. The van der Waals surface area contributed by atoms with Crippen molar-refractivity contribution >= 4 is 5.78 Å². The van der Waals surface area contributed by atoms with Gasteiger partial charge < -0.3 is 4.74 Å². The number of carbonyl (C=O) groups excluding carboxylic acids is 1. The highest BCUT2D eigenvalue weighted by Crippen LogP contribution is 2.59. The summed E-state index contributed by atoms with van der Waals surface area (Å²) in [6.45, 7) is 5.90. The SMILES string of the molecule is CC(=O)C1CC2(CC(OC(C)C)C2)C1. The minimum atomic E-state index is 0.348. The molecular weight excluding hydrogens is 176 g/mol. The van der Waals surface area contributed by atoms with Crippen LogP contribution in [0.4, 0.5) is 0 Å². The number of hydrogen-bond acceptors (Lipinski definition) is 2. The van der Waals surface area contributed by atoms with E-state index in [0.717, 1.165) is 12.8 Å². The minimum Gasteiger partial charge on any atom is -0.376 e. The summed E-state index contributed by atoms with van der Waals surface area (Å²) in [6.07, 6.45) is 5.45. The Balaban J connectivity index is 1.72. The molecule has 2 fully saturated rings. The van der Waals surface area contributed by atoms with Gasteiger partial charge in [0, 0.05) is 5.92 Å². The maximum absolute atomic E-state index is 11.1. The van der Waals surface area contributed by atoms with Crippen LogP contribution in [0.15, 0.2) is 0 Å². The average Bonchev–Trinajstić information content (AvgIpc) is 1.89. The van der Waals surface area contributed by atoms with Crippen LogP contribution in [0.2, 0.25) is 0 Å². The lowest BCUT2D eigenvalue weighted by Crippen LogP contribution is -2.52. The highest BCUT2D eigenvalue weighted by atomic mass is 16.5. The predicted molar refractivity (Wildman–Crippen MR) is 55.1 cm³/mol. The van der Waals surface area contributed by atoms with Crippen molar-refractivity contribution in [3.8, 4) is 0 Å². The van der Waals surface area contributed by atoms with Crippen molar-refractivity contribution in [1.29, 1.82) is 0 Å². The van der Waals surface area contributed by atoms with E-state index in [4.69, 9.17) is 4.74 Å². The van der Waals surface area contributed by atoms with Gasteiger partial charge in [-0.2, -0.15) is 0 Å². The fourth-order valence-corrected chi connectivity index (χ4v) is 2.99. The van der Waals surface area contributed by atoms with Crippen molar-refractivity contribution in [1.82, 2.24) is 0 Å². The summed E-state index contributed by atoms with van der Waals surface area (Å²) in [5.74, 6) is 0.749. The molecule has 2 nitrogen and oxygen atoms in total. The van der Waals surface area contributed by atoms with Crippen LogP contribution in [0.3, 0.4) is 0 Å². The lowest BCUT2D eigenvalue weighted by molar-refractivity contribution is -0.162.